The summed E-state index contributed by atoms with van der Waals surface area (Å²) in [5.41, 5.74) is 7.29. The number of fused-ring (bicyclic) bond motifs is 1. The van der Waals surface area contributed by atoms with Crippen molar-refractivity contribution >= 4 is 47.0 Å². The minimum Gasteiger partial charge on any atom is -0.396 e. The van der Waals surface area contributed by atoms with Crippen LogP contribution in [-0.2, 0) is 19.3 Å². The Morgan fingerprint density at radius 3 is 2.54 bits per heavy atom. The van der Waals surface area contributed by atoms with Crippen LogP contribution >= 0.6 is 35.6 Å². The van der Waals surface area contributed by atoms with Gasteiger partial charge in [0.15, 0.2) is 0 Å². The molecule has 28 heavy (non-hydrogen) atoms. The molecule has 0 fully saturated rings. The Kier molecular flexibility index (Phi) is 6.84. The molecule has 146 valence electrons. The van der Waals surface area contributed by atoms with E-state index in [1.54, 1.807) is 12.1 Å². The van der Waals surface area contributed by atoms with Crippen LogP contribution < -0.4 is 5.32 Å². The smallest absolute Gasteiger partial charge is 0.0741 e. The summed E-state index contributed by atoms with van der Waals surface area (Å²) in [6, 6.07) is 15.7. The van der Waals surface area contributed by atoms with Gasteiger partial charge < -0.3 is 10.4 Å². The summed E-state index contributed by atoms with van der Waals surface area (Å²) in [6.45, 7) is 0.161. The van der Waals surface area contributed by atoms with E-state index in [1.165, 1.54) is 5.56 Å². The van der Waals surface area contributed by atoms with Crippen LogP contribution in [0.5, 0.6) is 0 Å². The molecule has 2 N–H and O–H groups in total. The lowest BCUT2D eigenvalue weighted by molar-refractivity contribution is 0.299. The predicted octanol–water partition coefficient (Wildman–Crippen LogP) is 6.24. The van der Waals surface area contributed by atoms with E-state index >= 15 is 0 Å². The summed E-state index contributed by atoms with van der Waals surface area (Å²) < 4.78 is 0. The van der Waals surface area contributed by atoms with Gasteiger partial charge in [0.2, 0.25) is 0 Å². The number of halogens is 3. The van der Waals surface area contributed by atoms with E-state index in [-0.39, 0.29) is 19.0 Å². The second kappa shape index (κ2) is 9.15. The Hall–Kier alpha value is -1.78. The third-order valence-electron chi connectivity index (χ3n) is 4.89. The highest BCUT2D eigenvalue weighted by atomic mass is 35.5. The van der Waals surface area contributed by atoms with E-state index < -0.39 is 0 Å². The van der Waals surface area contributed by atoms with Crippen molar-refractivity contribution in [1.82, 2.24) is 4.98 Å². The monoisotopic (exact) mass is 434 g/mol. The van der Waals surface area contributed by atoms with Gasteiger partial charge in [-0.3, -0.25) is 4.98 Å². The summed E-state index contributed by atoms with van der Waals surface area (Å²) in [4.78, 5) is 4.86. The van der Waals surface area contributed by atoms with Crippen molar-refractivity contribution in [2.45, 2.75) is 25.7 Å². The molecule has 0 aliphatic heterocycles. The fraction of sp³-hybridized carbons (Fsp3) is 0.227. The highest BCUT2D eigenvalue weighted by molar-refractivity contribution is 6.35. The molecule has 0 unspecified atom stereocenters. The van der Waals surface area contributed by atoms with E-state index in [1.807, 2.05) is 30.3 Å². The first kappa shape index (κ1) is 20.9. The SMILES string of the molecule is Cl.OCCc1ccc(Nc2cc(-c3cc(Cl)ccc3Cl)nc3c2CCC3)cc1. The van der Waals surface area contributed by atoms with Gasteiger partial charge in [0, 0.05) is 34.3 Å². The summed E-state index contributed by atoms with van der Waals surface area (Å²) >= 11 is 12.6. The number of nitrogens with zero attached hydrogens (tertiary/aromatic N) is 1. The zero-order valence-electron chi connectivity index (χ0n) is 15.2. The molecule has 1 aromatic heterocycles. The van der Waals surface area contributed by atoms with Crippen LogP contribution in [0.3, 0.4) is 0 Å². The Balaban J connectivity index is 0.00000225. The zero-order chi connectivity index (χ0) is 18.8. The second-order valence-electron chi connectivity index (χ2n) is 6.75. The summed E-state index contributed by atoms with van der Waals surface area (Å²) in [5, 5.41) is 13.9. The van der Waals surface area contributed by atoms with Crippen LogP contribution in [0.4, 0.5) is 11.4 Å². The molecule has 0 amide bonds. The van der Waals surface area contributed by atoms with Gasteiger partial charge in [0.05, 0.1) is 10.7 Å². The number of aromatic nitrogens is 1. The molecule has 0 radical (unpaired) electrons. The highest BCUT2D eigenvalue weighted by Crippen LogP contribution is 2.36. The molecule has 0 spiro atoms. The number of aryl methyl sites for hydroxylation is 1. The number of hydrogen-bond acceptors (Lipinski definition) is 3. The third kappa shape index (κ3) is 4.44. The first-order valence-electron chi connectivity index (χ1n) is 9.09. The molecule has 2 aromatic carbocycles. The molecule has 3 nitrogen and oxygen atoms in total. The van der Waals surface area contributed by atoms with E-state index in [2.05, 4.69) is 11.4 Å². The number of anilines is 2. The molecule has 0 saturated carbocycles. The standard InChI is InChI=1S/C22H20Cl2N2O.ClH/c23-15-6-9-19(24)18(12-15)22-13-21(17-2-1-3-20(17)26-22)25-16-7-4-14(5-8-16)10-11-27;/h4-9,12-13,27H,1-3,10-11H2,(H,25,26);1H. The van der Waals surface area contributed by atoms with Gasteiger partial charge in [-0.05, 0) is 73.2 Å². The van der Waals surface area contributed by atoms with E-state index in [0.29, 0.717) is 16.5 Å². The molecule has 1 heterocycles. The average Bonchev–Trinajstić information content (AvgIpc) is 3.14. The summed E-state index contributed by atoms with van der Waals surface area (Å²) in [7, 11) is 0. The number of nitrogens with one attached hydrogen (secondary N) is 1. The number of aliphatic hydroxyl groups is 1. The Bertz CT molecular complexity index is 974. The quantitative estimate of drug-likeness (QED) is 0.498. The maximum atomic E-state index is 9.07. The number of rotatable bonds is 5. The van der Waals surface area contributed by atoms with Crippen LogP contribution in [0.2, 0.25) is 10.0 Å². The van der Waals surface area contributed by atoms with Crippen molar-refractivity contribution in [1.29, 1.82) is 0 Å². The molecule has 6 heteroatoms. The number of aliphatic hydroxyl groups excluding tert-OH is 1. The molecule has 4 rings (SSSR count). The van der Waals surface area contributed by atoms with Crippen molar-refractivity contribution in [2.75, 3.05) is 11.9 Å². The second-order valence-corrected chi connectivity index (χ2v) is 7.60. The summed E-state index contributed by atoms with van der Waals surface area (Å²) in [6.07, 6.45) is 3.78. The van der Waals surface area contributed by atoms with Crippen molar-refractivity contribution in [3.8, 4) is 11.3 Å². The van der Waals surface area contributed by atoms with Gasteiger partial charge in [-0.25, -0.2) is 0 Å². The lowest BCUT2D eigenvalue weighted by Gasteiger charge is -2.15. The van der Waals surface area contributed by atoms with Crippen LogP contribution in [0, 0.1) is 0 Å². The van der Waals surface area contributed by atoms with Crippen molar-refractivity contribution in [3.63, 3.8) is 0 Å². The predicted molar refractivity (Wildman–Crippen MR) is 119 cm³/mol. The fourth-order valence-corrected chi connectivity index (χ4v) is 3.91. The highest BCUT2D eigenvalue weighted by Gasteiger charge is 2.19. The third-order valence-corrected chi connectivity index (χ3v) is 5.45. The molecule has 1 aliphatic carbocycles. The summed E-state index contributed by atoms with van der Waals surface area (Å²) in [5.74, 6) is 0. The van der Waals surface area contributed by atoms with Gasteiger partial charge in [-0.1, -0.05) is 35.3 Å². The van der Waals surface area contributed by atoms with Crippen LogP contribution in [0.15, 0.2) is 48.5 Å². The van der Waals surface area contributed by atoms with Gasteiger partial charge >= 0.3 is 0 Å². The lowest BCUT2D eigenvalue weighted by atomic mass is 10.1. The van der Waals surface area contributed by atoms with Crippen molar-refractivity contribution < 1.29 is 5.11 Å². The fourth-order valence-electron chi connectivity index (χ4n) is 3.53. The molecule has 3 aromatic rings. The molecule has 1 aliphatic rings. The zero-order valence-corrected chi connectivity index (χ0v) is 17.5. The van der Waals surface area contributed by atoms with Crippen molar-refractivity contribution in [3.05, 3.63) is 75.4 Å². The van der Waals surface area contributed by atoms with E-state index in [9.17, 15) is 0 Å². The van der Waals surface area contributed by atoms with Gasteiger partial charge in [-0.15, -0.1) is 12.4 Å². The first-order chi connectivity index (χ1) is 13.1. The maximum Gasteiger partial charge on any atom is 0.0741 e. The maximum absolute atomic E-state index is 9.07. The molecular formula is C22H21Cl3N2O. The molecule has 0 bridgehead atoms. The molecule has 0 saturated heterocycles. The Morgan fingerprint density at radius 1 is 1.00 bits per heavy atom. The lowest BCUT2D eigenvalue weighted by Crippen LogP contribution is -2.00. The molecular weight excluding hydrogens is 415 g/mol. The van der Waals surface area contributed by atoms with Gasteiger partial charge in [0.25, 0.3) is 0 Å². The number of pyridine rings is 1. The average molecular weight is 436 g/mol. The Morgan fingerprint density at radius 2 is 1.79 bits per heavy atom. The Labute approximate surface area is 181 Å². The normalized spacial score (nSPS) is 12.4. The first-order valence-corrected chi connectivity index (χ1v) is 9.84. The van der Waals surface area contributed by atoms with Crippen molar-refractivity contribution in [2.24, 2.45) is 0 Å². The van der Waals surface area contributed by atoms with E-state index in [0.717, 1.165) is 53.2 Å². The van der Waals surface area contributed by atoms with Crippen LogP contribution in [-0.4, -0.2) is 16.7 Å². The van der Waals surface area contributed by atoms with Crippen LogP contribution in [0.25, 0.3) is 11.3 Å². The number of hydrogen-bond donors (Lipinski definition) is 2. The topological polar surface area (TPSA) is 45.1 Å². The largest absolute Gasteiger partial charge is 0.396 e. The van der Waals surface area contributed by atoms with E-state index in [4.69, 9.17) is 33.3 Å². The van der Waals surface area contributed by atoms with Gasteiger partial charge in [-0.2, -0.15) is 0 Å². The van der Waals surface area contributed by atoms with Crippen LogP contribution in [0.1, 0.15) is 23.2 Å². The van der Waals surface area contributed by atoms with Gasteiger partial charge in [0.1, 0.15) is 0 Å². The number of benzene rings is 2. The minimum absolute atomic E-state index is 0. The minimum atomic E-state index is 0. The molecule has 0 atom stereocenters.